The van der Waals surface area contributed by atoms with Crippen LogP contribution >= 0.6 is 0 Å². The van der Waals surface area contributed by atoms with Gasteiger partial charge < -0.3 is 15.3 Å². The number of nitrogens with zero attached hydrogens (tertiary/aromatic N) is 2. The number of carboxylic acids is 1. The second-order valence-electron chi connectivity index (χ2n) is 6.19. The molecule has 1 aliphatic heterocycles. The summed E-state index contributed by atoms with van der Waals surface area (Å²) in [6.07, 6.45) is 1.14. The number of nitro groups is 1. The Morgan fingerprint density at radius 2 is 2.00 bits per heavy atom. The van der Waals surface area contributed by atoms with Crippen molar-refractivity contribution in [1.82, 2.24) is 10.2 Å². The molecule has 0 aromatic heterocycles. The van der Waals surface area contributed by atoms with Crippen molar-refractivity contribution < 1.29 is 19.6 Å². The number of likely N-dealkylation sites (tertiary alicyclic amines) is 1. The number of aliphatic carboxylic acids is 1. The van der Waals surface area contributed by atoms with Crippen molar-refractivity contribution in [3.05, 3.63) is 39.9 Å². The average molecular weight is 335 g/mol. The second kappa shape index (κ2) is 7.76. The van der Waals surface area contributed by atoms with E-state index in [-0.39, 0.29) is 24.2 Å². The zero-order valence-corrected chi connectivity index (χ0v) is 13.5. The summed E-state index contributed by atoms with van der Waals surface area (Å²) in [4.78, 5) is 35.0. The summed E-state index contributed by atoms with van der Waals surface area (Å²) >= 11 is 0. The minimum atomic E-state index is -0.870. The molecule has 1 aromatic rings. The van der Waals surface area contributed by atoms with E-state index in [1.807, 2.05) is 6.92 Å². The summed E-state index contributed by atoms with van der Waals surface area (Å²) < 4.78 is 0. The molecular formula is C16H21N3O5. The maximum atomic E-state index is 12.2. The molecule has 1 fully saturated rings. The van der Waals surface area contributed by atoms with E-state index in [2.05, 4.69) is 5.32 Å². The third kappa shape index (κ3) is 4.68. The molecule has 8 nitrogen and oxygen atoms in total. The Kier molecular flexibility index (Phi) is 5.73. The zero-order valence-electron chi connectivity index (χ0n) is 13.5. The van der Waals surface area contributed by atoms with Gasteiger partial charge in [0.25, 0.3) is 5.69 Å². The number of piperidine rings is 1. The summed E-state index contributed by atoms with van der Waals surface area (Å²) in [5.74, 6) is -1.24. The molecule has 1 saturated heterocycles. The summed E-state index contributed by atoms with van der Waals surface area (Å²) in [7, 11) is 0. The van der Waals surface area contributed by atoms with E-state index < -0.39 is 16.8 Å². The van der Waals surface area contributed by atoms with Gasteiger partial charge in [0.15, 0.2) is 0 Å². The number of urea groups is 1. The zero-order chi connectivity index (χ0) is 17.7. The molecule has 2 amide bonds. The Bertz CT molecular complexity index is 617. The molecule has 24 heavy (non-hydrogen) atoms. The van der Waals surface area contributed by atoms with Gasteiger partial charge >= 0.3 is 12.0 Å². The lowest BCUT2D eigenvalue weighted by atomic mass is 9.91. The highest BCUT2D eigenvalue weighted by Crippen LogP contribution is 2.21. The number of hydrogen-bond acceptors (Lipinski definition) is 4. The molecule has 1 aromatic carbocycles. The van der Waals surface area contributed by atoms with Gasteiger partial charge in [0.1, 0.15) is 0 Å². The van der Waals surface area contributed by atoms with Crippen molar-refractivity contribution in [2.24, 2.45) is 11.8 Å². The number of non-ortho nitro benzene ring substituents is 1. The molecule has 1 heterocycles. The van der Waals surface area contributed by atoms with Crippen LogP contribution in [-0.4, -0.2) is 46.6 Å². The van der Waals surface area contributed by atoms with Crippen molar-refractivity contribution in [2.75, 3.05) is 19.6 Å². The Morgan fingerprint density at radius 1 is 1.33 bits per heavy atom. The Hall–Kier alpha value is -2.64. The standard InChI is InChI=1S/C16H21N3O5/c1-11-8-13(15(20)21)10-18(9-11)16(22)17-7-6-12-2-4-14(5-3-12)19(23)24/h2-5,11,13H,6-10H2,1H3,(H,17,22)(H,20,21). The smallest absolute Gasteiger partial charge is 0.317 e. The van der Waals surface area contributed by atoms with E-state index in [0.717, 1.165) is 5.56 Å². The first-order valence-electron chi connectivity index (χ1n) is 7.85. The number of rotatable bonds is 5. The number of carbonyl (C=O) groups excluding carboxylic acids is 1. The maximum Gasteiger partial charge on any atom is 0.317 e. The minimum absolute atomic E-state index is 0.0322. The Morgan fingerprint density at radius 3 is 2.58 bits per heavy atom. The number of nitro benzene ring substituents is 1. The lowest BCUT2D eigenvalue weighted by Gasteiger charge is -2.34. The fraction of sp³-hybridized carbons (Fsp3) is 0.500. The lowest BCUT2D eigenvalue weighted by molar-refractivity contribution is -0.384. The van der Waals surface area contributed by atoms with Crippen LogP contribution in [0.1, 0.15) is 18.9 Å². The predicted octanol–water partition coefficient (Wildman–Crippen LogP) is 1.89. The molecule has 0 bridgehead atoms. The van der Waals surface area contributed by atoms with Gasteiger partial charge in [0, 0.05) is 31.8 Å². The quantitative estimate of drug-likeness (QED) is 0.630. The Balaban J connectivity index is 1.82. The molecular weight excluding hydrogens is 314 g/mol. The first kappa shape index (κ1) is 17.7. The van der Waals surface area contributed by atoms with Crippen LogP contribution in [0.2, 0.25) is 0 Å². The summed E-state index contributed by atoms with van der Waals surface area (Å²) in [6, 6.07) is 5.92. The molecule has 0 spiro atoms. The van der Waals surface area contributed by atoms with Crippen LogP contribution in [0.3, 0.4) is 0 Å². The molecule has 1 aliphatic rings. The van der Waals surface area contributed by atoms with Crippen LogP contribution in [0, 0.1) is 22.0 Å². The predicted molar refractivity (Wildman–Crippen MR) is 86.7 cm³/mol. The molecule has 8 heteroatoms. The second-order valence-corrected chi connectivity index (χ2v) is 6.19. The highest BCUT2D eigenvalue weighted by atomic mass is 16.6. The third-order valence-electron chi connectivity index (χ3n) is 4.13. The van der Waals surface area contributed by atoms with Crippen molar-refractivity contribution in [3.63, 3.8) is 0 Å². The molecule has 2 unspecified atom stereocenters. The number of benzene rings is 1. The highest BCUT2D eigenvalue weighted by molar-refractivity contribution is 5.76. The fourth-order valence-corrected chi connectivity index (χ4v) is 2.91. The first-order valence-corrected chi connectivity index (χ1v) is 7.85. The van der Waals surface area contributed by atoms with Gasteiger partial charge in [-0.3, -0.25) is 14.9 Å². The average Bonchev–Trinajstić information content (AvgIpc) is 2.54. The van der Waals surface area contributed by atoms with Gasteiger partial charge in [-0.05, 0) is 24.3 Å². The molecule has 2 N–H and O–H groups in total. The van der Waals surface area contributed by atoms with E-state index in [4.69, 9.17) is 5.11 Å². The van der Waals surface area contributed by atoms with E-state index >= 15 is 0 Å². The maximum absolute atomic E-state index is 12.2. The van der Waals surface area contributed by atoms with E-state index in [0.29, 0.717) is 25.9 Å². The highest BCUT2D eigenvalue weighted by Gasteiger charge is 2.31. The summed E-state index contributed by atoms with van der Waals surface area (Å²) in [5, 5.41) is 22.5. The van der Waals surface area contributed by atoms with Gasteiger partial charge in [-0.1, -0.05) is 19.1 Å². The van der Waals surface area contributed by atoms with Crippen LogP contribution in [0.4, 0.5) is 10.5 Å². The molecule has 130 valence electrons. The van der Waals surface area contributed by atoms with Gasteiger partial charge in [-0.25, -0.2) is 4.79 Å². The Labute approximate surface area is 139 Å². The van der Waals surface area contributed by atoms with Crippen molar-refractivity contribution in [2.45, 2.75) is 19.8 Å². The van der Waals surface area contributed by atoms with Crippen LogP contribution in [0.25, 0.3) is 0 Å². The van der Waals surface area contributed by atoms with E-state index in [9.17, 15) is 19.7 Å². The third-order valence-corrected chi connectivity index (χ3v) is 4.13. The topological polar surface area (TPSA) is 113 Å². The number of carboxylic acid groups (broad SMARTS) is 1. The molecule has 0 saturated carbocycles. The number of carbonyl (C=O) groups is 2. The van der Waals surface area contributed by atoms with Crippen LogP contribution < -0.4 is 5.32 Å². The molecule has 0 radical (unpaired) electrons. The van der Waals surface area contributed by atoms with Gasteiger partial charge in [-0.15, -0.1) is 0 Å². The van der Waals surface area contributed by atoms with Gasteiger partial charge in [-0.2, -0.15) is 0 Å². The number of hydrogen-bond donors (Lipinski definition) is 2. The molecule has 0 aliphatic carbocycles. The first-order chi connectivity index (χ1) is 11.4. The number of nitrogens with one attached hydrogen (secondary N) is 1. The number of amides is 2. The van der Waals surface area contributed by atoms with Crippen molar-refractivity contribution in [1.29, 1.82) is 0 Å². The fourth-order valence-electron chi connectivity index (χ4n) is 2.91. The molecule has 2 atom stereocenters. The minimum Gasteiger partial charge on any atom is -0.481 e. The molecule has 2 rings (SSSR count). The van der Waals surface area contributed by atoms with Crippen molar-refractivity contribution >= 4 is 17.7 Å². The van der Waals surface area contributed by atoms with Crippen LogP contribution in [0.15, 0.2) is 24.3 Å². The van der Waals surface area contributed by atoms with E-state index in [1.165, 1.54) is 12.1 Å². The van der Waals surface area contributed by atoms with Crippen molar-refractivity contribution in [3.8, 4) is 0 Å². The lowest BCUT2D eigenvalue weighted by Crippen LogP contribution is -2.49. The van der Waals surface area contributed by atoms with Gasteiger partial charge in [0.2, 0.25) is 0 Å². The summed E-state index contributed by atoms with van der Waals surface area (Å²) in [6.45, 7) is 3.10. The summed E-state index contributed by atoms with van der Waals surface area (Å²) in [5.41, 5.74) is 0.918. The normalized spacial score (nSPS) is 20.5. The monoisotopic (exact) mass is 335 g/mol. The van der Waals surface area contributed by atoms with E-state index in [1.54, 1.807) is 17.0 Å². The van der Waals surface area contributed by atoms with Crippen LogP contribution in [-0.2, 0) is 11.2 Å². The van der Waals surface area contributed by atoms with Crippen LogP contribution in [0.5, 0.6) is 0 Å². The SMILES string of the molecule is CC1CC(C(=O)O)CN(C(=O)NCCc2ccc([N+](=O)[O-])cc2)C1. The largest absolute Gasteiger partial charge is 0.481 e. The van der Waals surface area contributed by atoms with Gasteiger partial charge in [0.05, 0.1) is 10.8 Å².